The summed E-state index contributed by atoms with van der Waals surface area (Å²) in [6.45, 7) is 0.721. The number of hydrogen-bond donors (Lipinski definition) is 1. The molecule has 0 atom stereocenters. The Hall–Kier alpha value is -4.86. The highest BCUT2D eigenvalue weighted by atomic mass is 19.1. The van der Waals surface area contributed by atoms with E-state index in [1.54, 1.807) is 19.3 Å². The normalized spacial score (nSPS) is 19.5. The second kappa shape index (κ2) is 11.6. The summed E-state index contributed by atoms with van der Waals surface area (Å²) in [7, 11) is 1.59. The van der Waals surface area contributed by atoms with Gasteiger partial charge in [0.1, 0.15) is 24.8 Å². The lowest BCUT2D eigenvalue weighted by Crippen LogP contribution is -2.55. The van der Waals surface area contributed by atoms with Crippen molar-refractivity contribution in [2.24, 2.45) is 0 Å². The third-order valence-electron chi connectivity index (χ3n) is 7.59. The van der Waals surface area contributed by atoms with Gasteiger partial charge in [-0.1, -0.05) is 48.6 Å². The molecule has 3 aliphatic heterocycles. The Balaban J connectivity index is 1.54. The van der Waals surface area contributed by atoms with Gasteiger partial charge in [0.15, 0.2) is 11.4 Å². The molecular formula is C32H31FN4O5. The van der Waals surface area contributed by atoms with Crippen LogP contribution in [-0.2, 0) is 17.9 Å². The lowest BCUT2D eigenvalue weighted by atomic mass is 9.99. The van der Waals surface area contributed by atoms with Crippen molar-refractivity contribution in [3.63, 3.8) is 0 Å². The van der Waals surface area contributed by atoms with Crippen LogP contribution >= 0.6 is 0 Å². The summed E-state index contributed by atoms with van der Waals surface area (Å²) in [5, 5.41) is 4.90. The molecule has 42 heavy (non-hydrogen) atoms. The molecule has 9 nitrogen and oxygen atoms in total. The standard InChI is InChI=1S/C32H31FN4O5/c1-35-20-37-27(38)12-7-11-22-10-5-6-15-41-26-16-24(33)14-13-23(26)17-34-28(22)25-18-36(37)29(32(35)40)31(30(25)39)42-19-21-8-3-2-4-9-21/h2-5,8-10,13-14,16,18,34H,6-7,11-12,15,17,19-20H2,1H3/b10-5-,28-22-. The fourth-order valence-electron chi connectivity index (χ4n) is 5.41. The number of pyridine rings is 1. The Bertz CT molecular complexity index is 1660. The maximum Gasteiger partial charge on any atom is 0.277 e. The lowest BCUT2D eigenvalue weighted by Gasteiger charge is -2.38. The zero-order valence-electron chi connectivity index (χ0n) is 23.3. The first-order valence-electron chi connectivity index (χ1n) is 14.0. The van der Waals surface area contributed by atoms with Crippen molar-refractivity contribution in [2.75, 3.05) is 25.3 Å². The molecule has 2 bridgehead atoms. The predicted molar refractivity (Wildman–Crippen MR) is 155 cm³/mol. The van der Waals surface area contributed by atoms with Crippen LogP contribution in [0.1, 0.15) is 52.9 Å². The van der Waals surface area contributed by atoms with E-state index in [2.05, 4.69) is 5.32 Å². The van der Waals surface area contributed by atoms with E-state index in [0.717, 1.165) is 16.7 Å². The number of ether oxygens (including phenoxy) is 2. The zero-order chi connectivity index (χ0) is 29.2. The molecule has 6 rings (SSSR count). The third kappa shape index (κ3) is 5.27. The fourth-order valence-corrected chi connectivity index (χ4v) is 5.41. The molecule has 216 valence electrons. The number of rotatable bonds is 3. The number of allylic oxidation sites excluding steroid dienone is 2. The van der Waals surface area contributed by atoms with E-state index in [1.165, 1.54) is 26.7 Å². The largest absolute Gasteiger partial charge is 0.493 e. The van der Waals surface area contributed by atoms with Crippen molar-refractivity contribution in [2.45, 2.75) is 38.8 Å². The van der Waals surface area contributed by atoms with Crippen LogP contribution in [0.4, 0.5) is 4.39 Å². The fraction of sp³-hybridized carbons (Fsp3) is 0.281. The average molecular weight is 571 g/mol. The number of carbonyl (C=O) groups is 2. The second-order valence-electron chi connectivity index (χ2n) is 10.5. The van der Waals surface area contributed by atoms with Crippen LogP contribution in [0.15, 0.2) is 77.2 Å². The van der Waals surface area contributed by atoms with Crippen LogP contribution in [0.3, 0.4) is 0 Å². The average Bonchev–Trinajstić information content (AvgIpc) is 3.02. The molecule has 0 unspecified atom stereocenters. The highest BCUT2D eigenvalue weighted by molar-refractivity contribution is 5.99. The monoisotopic (exact) mass is 570 g/mol. The SMILES string of the molecule is CN1CN2C(=O)CCCC3=C(\NCc4ccc(F)cc4OCC/C=C\3)c3cn2c(c(OCc2ccccc2)c3=O)C1=O. The second-order valence-corrected chi connectivity index (χ2v) is 10.5. The summed E-state index contributed by atoms with van der Waals surface area (Å²) in [5.41, 5.74) is 2.77. The maximum absolute atomic E-state index is 14.3. The summed E-state index contributed by atoms with van der Waals surface area (Å²) in [5.74, 6) is -0.671. The molecule has 0 radical (unpaired) electrons. The number of carbonyl (C=O) groups excluding carboxylic acids is 2. The lowest BCUT2D eigenvalue weighted by molar-refractivity contribution is -0.120. The molecule has 1 N–H and O–H groups in total. The number of benzene rings is 2. The molecule has 2 aromatic carbocycles. The maximum atomic E-state index is 14.3. The Morgan fingerprint density at radius 1 is 1.07 bits per heavy atom. The van der Waals surface area contributed by atoms with Crippen molar-refractivity contribution in [1.82, 2.24) is 14.9 Å². The van der Waals surface area contributed by atoms with Crippen LogP contribution in [0.5, 0.6) is 11.5 Å². The summed E-state index contributed by atoms with van der Waals surface area (Å²) < 4.78 is 27.5. The van der Waals surface area contributed by atoms with Crippen molar-refractivity contribution < 1.29 is 23.5 Å². The quantitative estimate of drug-likeness (QED) is 0.510. The molecule has 0 aliphatic carbocycles. The van der Waals surface area contributed by atoms with Gasteiger partial charge >= 0.3 is 0 Å². The Morgan fingerprint density at radius 3 is 2.74 bits per heavy atom. The minimum Gasteiger partial charge on any atom is -0.493 e. The Labute approximate surface area is 242 Å². The van der Waals surface area contributed by atoms with E-state index >= 15 is 0 Å². The van der Waals surface area contributed by atoms with Crippen LogP contribution in [-0.4, -0.2) is 41.7 Å². The third-order valence-corrected chi connectivity index (χ3v) is 7.59. The Kier molecular flexibility index (Phi) is 7.52. The van der Waals surface area contributed by atoms with Gasteiger partial charge in [-0.05, 0) is 36.5 Å². The topological polar surface area (TPSA) is 93.1 Å². The van der Waals surface area contributed by atoms with E-state index in [0.29, 0.717) is 37.3 Å². The van der Waals surface area contributed by atoms with Crippen LogP contribution in [0.2, 0.25) is 0 Å². The van der Waals surface area contributed by atoms with Gasteiger partial charge in [0, 0.05) is 37.8 Å². The van der Waals surface area contributed by atoms with Gasteiger partial charge in [-0.3, -0.25) is 14.4 Å². The van der Waals surface area contributed by atoms with Gasteiger partial charge < -0.3 is 19.7 Å². The van der Waals surface area contributed by atoms with Crippen molar-refractivity contribution in [3.05, 3.63) is 111 Å². The molecular weight excluding hydrogens is 539 g/mol. The van der Waals surface area contributed by atoms with E-state index in [-0.39, 0.29) is 49.2 Å². The molecule has 4 heterocycles. The molecule has 0 saturated carbocycles. The molecule has 3 aliphatic rings. The van der Waals surface area contributed by atoms with Crippen molar-refractivity contribution in [1.29, 1.82) is 0 Å². The van der Waals surface area contributed by atoms with Crippen LogP contribution in [0.25, 0.3) is 5.70 Å². The number of nitrogens with zero attached hydrogens (tertiary/aromatic N) is 3. The smallest absolute Gasteiger partial charge is 0.277 e. The summed E-state index contributed by atoms with van der Waals surface area (Å²) >= 11 is 0. The number of hydrogen-bond acceptors (Lipinski definition) is 6. The first-order valence-corrected chi connectivity index (χ1v) is 14.0. The number of amides is 2. The van der Waals surface area contributed by atoms with Gasteiger partial charge in [-0.25, -0.2) is 14.1 Å². The van der Waals surface area contributed by atoms with Gasteiger partial charge in [-0.2, -0.15) is 0 Å². The van der Waals surface area contributed by atoms with E-state index in [1.807, 2.05) is 42.5 Å². The zero-order valence-corrected chi connectivity index (χ0v) is 23.3. The van der Waals surface area contributed by atoms with Crippen molar-refractivity contribution >= 4 is 17.5 Å². The minimum absolute atomic E-state index is 0.00549. The van der Waals surface area contributed by atoms with Crippen molar-refractivity contribution in [3.8, 4) is 11.5 Å². The highest BCUT2D eigenvalue weighted by Gasteiger charge is 2.36. The van der Waals surface area contributed by atoms with Gasteiger partial charge in [0.05, 0.1) is 17.9 Å². The molecule has 1 aromatic heterocycles. The summed E-state index contributed by atoms with van der Waals surface area (Å²) in [6, 6.07) is 13.7. The van der Waals surface area contributed by atoms with Gasteiger partial charge in [0.25, 0.3) is 5.91 Å². The van der Waals surface area contributed by atoms with E-state index in [4.69, 9.17) is 9.47 Å². The predicted octanol–water partition coefficient (Wildman–Crippen LogP) is 4.10. The number of fused-ring (bicyclic) bond motifs is 3. The van der Waals surface area contributed by atoms with E-state index < -0.39 is 17.2 Å². The molecule has 10 heteroatoms. The number of aromatic nitrogens is 1. The van der Waals surface area contributed by atoms with Gasteiger partial charge in [-0.15, -0.1) is 0 Å². The van der Waals surface area contributed by atoms with Gasteiger partial charge in [0.2, 0.25) is 11.3 Å². The summed E-state index contributed by atoms with van der Waals surface area (Å²) in [6.07, 6.45) is 7.34. The first kappa shape index (κ1) is 27.3. The number of halogens is 1. The first-order chi connectivity index (χ1) is 20.4. The molecule has 0 fully saturated rings. The van der Waals surface area contributed by atoms with E-state index in [9.17, 15) is 18.8 Å². The molecule has 3 aromatic rings. The number of nitrogens with one attached hydrogen (secondary N) is 1. The van der Waals surface area contributed by atoms with Crippen LogP contribution < -0.4 is 25.2 Å². The van der Waals surface area contributed by atoms with Crippen LogP contribution in [0, 0.1) is 5.82 Å². The molecule has 0 spiro atoms. The molecule has 2 amide bonds. The minimum atomic E-state index is -0.465. The summed E-state index contributed by atoms with van der Waals surface area (Å²) in [4.78, 5) is 42.6. The highest BCUT2D eigenvalue weighted by Crippen LogP contribution is 2.30. The Morgan fingerprint density at radius 2 is 1.90 bits per heavy atom. The molecule has 0 saturated heterocycles.